The number of benzene rings is 3. The maximum atomic E-state index is 14.1. The fraction of sp³-hybridized carbons (Fsp3) is 0.290. The number of anilines is 2. The number of carbonyl (C=O) groups is 2. The fourth-order valence-corrected chi connectivity index (χ4v) is 5.69. The van der Waals surface area contributed by atoms with Gasteiger partial charge in [0.1, 0.15) is 5.69 Å². The number of para-hydroxylation sites is 2. The van der Waals surface area contributed by atoms with Crippen LogP contribution in [0.15, 0.2) is 78.9 Å². The van der Waals surface area contributed by atoms with Gasteiger partial charge < -0.3 is 15.0 Å². The summed E-state index contributed by atoms with van der Waals surface area (Å²) >= 11 is 0. The molecule has 41 heavy (non-hydrogen) atoms. The van der Waals surface area contributed by atoms with E-state index in [1.807, 2.05) is 19.1 Å². The predicted molar refractivity (Wildman–Crippen MR) is 152 cm³/mol. The van der Waals surface area contributed by atoms with Crippen LogP contribution < -0.4 is 10.3 Å². The molecule has 5 rings (SSSR count). The molecule has 4 aromatic rings. The Morgan fingerprint density at radius 3 is 2.37 bits per heavy atom. The first-order chi connectivity index (χ1) is 19.7. The van der Waals surface area contributed by atoms with E-state index in [0.717, 1.165) is 48.6 Å². The molecule has 1 heterocycles. The Morgan fingerprint density at radius 1 is 0.951 bits per heavy atom. The number of fused-ring (bicyclic) bond motifs is 1. The number of carbonyl (C=O) groups excluding carboxylic acids is 1. The van der Waals surface area contributed by atoms with Gasteiger partial charge in [0.15, 0.2) is 0 Å². The van der Waals surface area contributed by atoms with Crippen LogP contribution in [-0.2, 0) is 6.18 Å². The van der Waals surface area contributed by atoms with Gasteiger partial charge in [-0.3, -0.25) is 0 Å². The number of rotatable bonds is 7. The number of aromatic carboxylic acids is 1. The number of nitrogens with one attached hydrogen (secondary N) is 1. The second-order valence-corrected chi connectivity index (χ2v) is 10.1. The molecular weight excluding hydrogens is 533 g/mol. The lowest BCUT2D eigenvalue weighted by Crippen LogP contribution is -2.54. The molecule has 1 saturated carbocycles. The number of carboxylic acid groups (broad SMARTS) is 1. The van der Waals surface area contributed by atoms with Crippen LogP contribution in [-0.4, -0.2) is 39.3 Å². The highest BCUT2D eigenvalue weighted by Crippen LogP contribution is 2.38. The number of aromatic nitrogens is 1. The normalized spacial score (nSPS) is 14.4. The van der Waals surface area contributed by atoms with Gasteiger partial charge in [-0.1, -0.05) is 62.6 Å². The Kier molecular flexibility index (Phi) is 8.03. The van der Waals surface area contributed by atoms with Crippen LogP contribution in [0.25, 0.3) is 16.6 Å². The van der Waals surface area contributed by atoms with Gasteiger partial charge in [0.25, 0.3) is 0 Å². The second kappa shape index (κ2) is 11.7. The summed E-state index contributed by atoms with van der Waals surface area (Å²) in [6, 6.07) is 19.7. The van der Waals surface area contributed by atoms with Gasteiger partial charge >= 0.3 is 18.2 Å². The fourth-order valence-electron chi connectivity index (χ4n) is 5.69. The molecule has 1 aliphatic carbocycles. The quantitative estimate of drug-likeness (QED) is 0.223. The molecule has 2 N–H and O–H groups in total. The van der Waals surface area contributed by atoms with Crippen LogP contribution in [0.2, 0.25) is 0 Å². The number of halogens is 3. The van der Waals surface area contributed by atoms with E-state index in [0.29, 0.717) is 23.4 Å². The van der Waals surface area contributed by atoms with Gasteiger partial charge in [-0.2, -0.15) is 13.2 Å². The number of amides is 2. The maximum absolute atomic E-state index is 14.1. The molecule has 2 amide bonds. The number of carboxylic acids is 1. The zero-order valence-electron chi connectivity index (χ0n) is 22.6. The zero-order valence-corrected chi connectivity index (χ0v) is 22.6. The van der Waals surface area contributed by atoms with Crippen LogP contribution in [0, 0.1) is 0 Å². The zero-order chi connectivity index (χ0) is 29.1. The van der Waals surface area contributed by atoms with Crippen LogP contribution in [0.1, 0.15) is 55.1 Å². The van der Waals surface area contributed by atoms with Crippen LogP contribution in [0.5, 0.6) is 0 Å². The van der Waals surface area contributed by atoms with E-state index in [9.17, 15) is 27.9 Å². The number of nitrogens with zero attached hydrogens (tertiary/aromatic N) is 3. The summed E-state index contributed by atoms with van der Waals surface area (Å²) in [6.45, 7) is 2.16. The van der Waals surface area contributed by atoms with Crippen molar-refractivity contribution in [1.29, 1.82) is 0 Å². The molecule has 3 aromatic carbocycles. The first kappa shape index (κ1) is 28.2. The van der Waals surface area contributed by atoms with E-state index in [1.165, 1.54) is 18.2 Å². The van der Waals surface area contributed by atoms with E-state index in [-0.39, 0.29) is 17.4 Å². The van der Waals surface area contributed by atoms with Crippen LogP contribution in [0.3, 0.4) is 0 Å². The summed E-state index contributed by atoms with van der Waals surface area (Å²) in [5, 5.41) is 16.2. The molecule has 1 aromatic heterocycles. The molecule has 0 bridgehead atoms. The average Bonchev–Trinajstić information content (AvgIpc) is 3.36. The third kappa shape index (κ3) is 5.78. The van der Waals surface area contributed by atoms with Crippen molar-refractivity contribution in [3.8, 4) is 5.69 Å². The lowest BCUT2D eigenvalue weighted by atomic mass is 9.95. The Bertz CT molecular complexity index is 1560. The molecular formula is C31H31F3N4O3. The summed E-state index contributed by atoms with van der Waals surface area (Å²) in [4.78, 5) is 26.0. The lowest BCUT2D eigenvalue weighted by molar-refractivity contribution is -0.137. The lowest BCUT2D eigenvalue weighted by Gasteiger charge is -2.42. The highest BCUT2D eigenvalue weighted by molar-refractivity contribution is 6.02. The van der Waals surface area contributed by atoms with E-state index in [2.05, 4.69) is 5.32 Å². The molecule has 1 aliphatic rings. The highest BCUT2D eigenvalue weighted by atomic mass is 19.4. The number of urea groups is 1. The third-order valence-electron chi connectivity index (χ3n) is 7.49. The Balaban J connectivity index is 1.55. The van der Waals surface area contributed by atoms with Gasteiger partial charge in [0, 0.05) is 29.3 Å². The second-order valence-electron chi connectivity index (χ2n) is 10.1. The summed E-state index contributed by atoms with van der Waals surface area (Å²) in [6.07, 6.45) is -0.172. The van der Waals surface area contributed by atoms with Gasteiger partial charge in [0.05, 0.1) is 16.8 Å². The van der Waals surface area contributed by atoms with Gasteiger partial charge in [-0.25, -0.2) is 19.6 Å². The summed E-state index contributed by atoms with van der Waals surface area (Å²) in [7, 11) is 0. The summed E-state index contributed by atoms with van der Waals surface area (Å²) in [5.74, 6) is -1.11. The minimum absolute atomic E-state index is 0.0462. The minimum atomic E-state index is -4.66. The first-order valence-electron chi connectivity index (χ1n) is 13.7. The minimum Gasteiger partial charge on any atom is -0.477 e. The number of alkyl halides is 3. The van der Waals surface area contributed by atoms with Crippen molar-refractivity contribution < 1.29 is 27.9 Å². The van der Waals surface area contributed by atoms with Gasteiger partial charge in [0.2, 0.25) is 0 Å². The van der Waals surface area contributed by atoms with E-state index in [1.54, 1.807) is 52.0 Å². The summed E-state index contributed by atoms with van der Waals surface area (Å²) < 4.78 is 43.9. The molecule has 7 nitrogen and oxygen atoms in total. The van der Waals surface area contributed by atoms with Crippen molar-refractivity contribution in [2.45, 2.75) is 51.2 Å². The van der Waals surface area contributed by atoms with E-state index >= 15 is 0 Å². The topological polar surface area (TPSA) is 77.8 Å². The van der Waals surface area contributed by atoms with Gasteiger partial charge in [-0.05, 0) is 55.3 Å². The molecule has 0 radical (unpaired) electrons. The van der Waals surface area contributed by atoms with Crippen molar-refractivity contribution >= 4 is 34.3 Å². The highest BCUT2D eigenvalue weighted by Gasteiger charge is 2.39. The third-order valence-corrected chi connectivity index (χ3v) is 7.49. The van der Waals surface area contributed by atoms with Crippen LogP contribution in [0.4, 0.5) is 29.3 Å². The average molecular weight is 565 g/mol. The Labute approximate surface area is 235 Å². The Morgan fingerprint density at radius 2 is 1.66 bits per heavy atom. The molecule has 10 heteroatoms. The Hall–Kier alpha value is -4.31. The molecule has 0 saturated heterocycles. The molecule has 214 valence electrons. The van der Waals surface area contributed by atoms with Crippen molar-refractivity contribution in [3.63, 3.8) is 0 Å². The smallest absolute Gasteiger partial charge is 0.418 e. The van der Waals surface area contributed by atoms with Crippen molar-refractivity contribution in [2.24, 2.45) is 0 Å². The number of hydrogen-bond acceptors (Lipinski definition) is 3. The largest absolute Gasteiger partial charge is 0.477 e. The number of hydrogen-bond donors (Lipinski definition) is 2. The molecule has 0 atom stereocenters. The van der Waals surface area contributed by atoms with Crippen molar-refractivity contribution in [3.05, 3.63) is 90.1 Å². The first-order valence-corrected chi connectivity index (χ1v) is 13.7. The monoisotopic (exact) mass is 564 g/mol. The standard InChI is InChI=1S/C31H31F3N4O3/c1-2-36(23-13-4-3-5-14-23)38(27-18-9-7-16-25(27)31(32,33)34)30(41)35-22-12-10-15-24(20-22)37-26-17-8-6-11-21(26)19-28(37)29(39)40/h6-12,15-20,23H,2-5,13-14H2,1H3,(H,35,41)(H,39,40). The van der Waals surface area contributed by atoms with Crippen molar-refractivity contribution in [2.75, 3.05) is 16.9 Å². The molecule has 0 spiro atoms. The maximum Gasteiger partial charge on any atom is 0.418 e. The predicted octanol–water partition coefficient (Wildman–Crippen LogP) is 7.96. The van der Waals surface area contributed by atoms with Gasteiger partial charge in [-0.15, -0.1) is 0 Å². The SMILES string of the molecule is CCN(C1CCCCC1)N(C(=O)Nc1cccc(-n2c(C(=O)O)cc3ccccc32)c1)c1ccccc1C(F)(F)F. The molecule has 1 fully saturated rings. The summed E-state index contributed by atoms with van der Waals surface area (Å²) in [5.41, 5.74) is 0.376. The van der Waals surface area contributed by atoms with Crippen LogP contribution >= 0.6 is 0 Å². The van der Waals surface area contributed by atoms with E-state index in [4.69, 9.17) is 0 Å². The molecule has 0 unspecified atom stereocenters. The number of hydrazine groups is 1. The van der Waals surface area contributed by atoms with E-state index < -0.39 is 23.7 Å². The van der Waals surface area contributed by atoms with Crippen molar-refractivity contribution in [1.82, 2.24) is 9.58 Å². The molecule has 0 aliphatic heterocycles.